The van der Waals surface area contributed by atoms with Gasteiger partial charge in [0.05, 0.1) is 5.69 Å². The highest BCUT2D eigenvalue weighted by molar-refractivity contribution is 7.15. The molecule has 0 saturated heterocycles. The van der Waals surface area contributed by atoms with Gasteiger partial charge in [-0.2, -0.15) is 0 Å². The van der Waals surface area contributed by atoms with E-state index in [2.05, 4.69) is 31.1 Å². The fourth-order valence-corrected chi connectivity index (χ4v) is 3.30. The number of thiazole rings is 1. The van der Waals surface area contributed by atoms with Gasteiger partial charge >= 0.3 is 0 Å². The SMILES string of the molecule is CCCNCc1sc(-c2cc(F)ccc2F)nc1C(C)C. The van der Waals surface area contributed by atoms with Crippen LogP contribution in [-0.4, -0.2) is 11.5 Å². The molecule has 0 fully saturated rings. The number of nitrogens with one attached hydrogen (secondary N) is 1. The fraction of sp³-hybridized carbons (Fsp3) is 0.438. The molecule has 0 saturated carbocycles. The Kier molecular flexibility index (Phi) is 5.42. The molecule has 0 amide bonds. The summed E-state index contributed by atoms with van der Waals surface area (Å²) in [6, 6.07) is 3.48. The smallest absolute Gasteiger partial charge is 0.133 e. The Morgan fingerprint density at radius 2 is 2.05 bits per heavy atom. The zero-order valence-electron chi connectivity index (χ0n) is 12.5. The molecule has 0 bridgehead atoms. The minimum absolute atomic E-state index is 0.239. The molecule has 1 aromatic heterocycles. The summed E-state index contributed by atoms with van der Waals surface area (Å²) < 4.78 is 27.2. The average molecular weight is 310 g/mol. The van der Waals surface area contributed by atoms with E-state index < -0.39 is 11.6 Å². The molecule has 2 nitrogen and oxygen atoms in total. The van der Waals surface area contributed by atoms with Crippen LogP contribution < -0.4 is 5.32 Å². The van der Waals surface area contributed by atoms with Crippen molar-refractivity contribution in [2.75, 3.05) is 6.54 Å². The molecule has 0 aliphatic carbocycles. The van der Waals surface area contributed by atoms with Gasteiger partial charge in [0.2, 0.25) is 0 Å². The van der Waals surface area contributed by atoms with Crippen molar-refractivity contribution < 1.29 is 8.78 Å². The summed E-state index contributed by atoms with van der Waals surface area (Å²) in [5.74, 6) is -0.628. The Morgan fingerprint density at radius 3 is 2.71 bits per heavy atom. The Labute approximate surface area is 128 Å². The second-order valence-electron chi connectivity index (χ2n) is 5.28. The molecule has 0 spiro atoms. The van der Waals surface area contributed by atoms with E-state index >= 15 is 0 Å². The van der Waals surface area contributed by atoms with E-state index in [9.17, 15) is 8.78 Å². The summed E-state index contributed by atoms with van der Waals surface area (Å²) in [5.41, 5.74) is 1.20. The Hall–Kier alpha value is -1.33. The normalized spacial score (nSPS) is 11.3. The van der Waals surface area contributed by atoms with Crippen LogP contribution >= 0.6 is 11.3 Å². The van der Waals surface area contributed by atoms with Gasteiger partial charge in [0, 0.05) is 17.0 Å². The van der Waals surface area contributed by atoms with Gasteiger partial charge < -0.3 is 5.32 Å². The number of hydrogen-bond donors (Lipinski definition) is 1. The van der Waals surface area contributed by atoms with Crippen molar-refractivity contribution in [2.45, 2.75) is 39.7 Å². The summed E-state index contributed by atoms with van der Waals surface area (Å²) >= 11 is 1.43. The van der Waals surface area contributed by atoms with E-state index in [-0.39, 0.29) is 11.5 Å². The van der Waals surface area contributed by atoms with Gasteiger partial charge in [-0.1, -0.05) is 20.8 Å². The van der Waals surface area contributed by atoms with Crippen LogP contribution in [0.5, 0.6) is 0 Å². The van der Waals surface area contributed by atoms with Crippen LogP contribution in [0.25, 0.3) is 10.6 Å². The number of halogens is 2. The highest BCUT2D eigenvalue weighted by Gasteiger charge is 2.17. The quantitative estimate of drug-likeness (QED) is 0.782. The van der Waals surface area contributed by atoms with Crippen molar-refractivity contribution in [1.82, 2.24) is 10.3 Å². The molecule has 0 radical (unpaired) electrons. The van der Waals surface area contributed by atoms with Crippen LogP contribution in [0.2, 0.25) is 0 Å². The Morgan fingerprint density at radius 1 is 1.29 bits per heavy atom. The first-order valence-corrected chi connectivity index (χ1v) is 8.00. The third kappa shape index (κ3) is 3.86. The van der Waals surface area contributed by atoms with Gasteiger partial charge in [0.1, 0.15) is 16.6 Å². The Bertz CT molecular complexity index is 608. The molecule has 0 unspecified atom stereocenters. The van der Waals surface area contributed by atoms with Crippen molar-refractivity contribution in [2.24, 2.45) is 0 Å². The minimum atomic E-state index is -0.446. The standard InChI is InChI=1S/C16H20F2N2S/c1-4-7-19-9-14-15(10(2)3)20-16(21-14)12-8-11(17)5-6-13(12)18/h5-6,8,10,19H,4,7,9H2,1-3H3. The highest BCUT2D eigenvalue weighted by atomic mass is 32.1. The highest BCUT2D eigenvalue weighted by Crippen LogP contribution is 2.33. The third-order valence-corrected chi connectivity index (χ3v) is 4.25. The molecule has 5 heteroatoms. The molecule has 1 heterocycles. The van der Waals surface area contributed by atoms with Crippen molar-refractivity contribution in [3.63, 3.8) is 0 Å². The first-order chi connectivity index (χ1) is 10.0. The summed E-state index contributed by atoms with van der Waals surface area (Å²) in [4.78, 5) is 5.63. The number of rotatable bonds is 6. The first kappa shape index (κ1) is 16.0. The predicted molar refractivity (Wildman–Crippen MR) is 83.6 cm³/mol. The number of aromatic nitrogens is 1. The van der Waals surface area contributed by atoms with E-state index in [1.165, 1.54) is 17.4 Å². The predicted octanol–water partition coefficient (Wildman–Crippen LogP) is 4.71. The molecule has 2 rings (SSSR count). The van der Waals surface area contributed by atoms with E-state index in [1.54, 1.807) is 0 Å². The van der Waals surface area contributed by atoms with Crippen molar-refractivity contribution in [1.29, 1.82) is 0 Å². The molecule has 0 atom stereocenters. The maximum absolute atomic E-state index is 13.9. The molecule has 1 aromatic carbocycles. The van der Waals surface area contributed by atoms with Crippen LogP contribution in [-0.2, 0) is 6.54 Å². The summed E-state index contributed by atoms with van der Waals surface area (Å²) in [6.07, 6.45) is 1.06. The topological polar surface area (TPSA) is 24.9 Å². The molecule has 114 valence electrons. The maximum Gasteiger partial charge on any atom is 0.133 e. The van der Waals surface area contributed by atoms with Crippen LogP contribution in [0, 0.1) is 11.6 Å². The largest absolute Gasteiger partial charge is 0.312 e. The maximum atomic E-state index is 13.9. The molecular weight excluding hydrogens is 290 g/mol. The average Bonchev–Trinajstić information content (AvgIpc) is 2.86. The molecule has 0 aliphatic heterocycles. The monoisotopic (exact) mass is 310 g/mol. The zero-order valence-corrected chi connectivity index (χ0v) is 13.4. The molecule has 21 heavy (non-hydrogen) atoms. The van der Waals surface area contributed by atoms with Gasteiger partial charge in [-0.3, -0.25) is 0 Å². The van der Waals surface area contributed by atoms with Gasteiger partial charge in [-0.25, -0.2) is 13.8 Å². The third-order valence-electron chi connectivity index (χ3n) is 3.15. The van der Waals surface area contributed by atoms with E-state index in [0.717, 1.165) is 42.2 Å². The lowest BCUT2D eigenvalue weighted by Crippen LogP contribution is -2.14. The lowest BCUT2D eigenvalue weighted by Gasteiger charge is -2.05. The first-order valence-electron chi connectivity index (χ1n) is 7.18. The minimum Gasteiger partial charge on any atom is -0.312 e. The fourth-order valence-electron chi connectivity index (χ4n) is 2.10. The van der Waals surface area contributed by atoms with Crippen molar-refractivity contribution >= 4 is 11.3 Å². The van der Waals surface area contributed by atoms with Gasteiger partial charge in [-0.05, 0) is 37.1 Å². The van der Waals surface area contributed by atoms with Crippen LogP contribution in [0.15, 0.2) is 18.2 Å². The van der Waals surface area contributed by atoms with Gasteiger partial charge in [0.15, 0.2) is 0 Å². The lowest BCUT2D eigenvalue weighted by atomic mass is 10.1. The zero-order chi connectivity index (χ0) is 15.4. The second kappa shape index (κ2) is 7.09. The summed E-state index contributed by atoms with van der Waals surface area (Å²) in [7, 11) is 0. The molecule has 0 aliphatic rings. The van der Waals surface area contributed by atoms with Crippen LogP contribution in [0.3, 0.4) is 0 Å². The molecular formula is C16H20F2N2S. The number of hydrogen-bond acceptors (Lipinski definition) is 3. The molecule has 1 N–H and O–H groups in total. The van der Waals surface area contributed by atoms with Gasteiger partial charge in [-0.15, -0.1) is 11.3 Å². The summed E-state index contributed by atoms with van der Waals surface area (Å²) in [6.45, 7) is 7.87. The van der Waals surface area contributed by atoms with Gasteiger partial charge in [0.25, 0.3) is 0 Å². The van der Waals surface area contributed by atoms with E-state index in [4.69, 9.17) is 0 Å². The van der Waals surface area contributed by atoms with E-state index in [1.807, 2.05) is 0 Å². The lowest BCUT2D eigenvalue weighted by molar-refractivity contribution is 0.603. The van der Waals surface area contributed by atoms with Crippen molar-refractivity contribution in [3.05, 3.63) is 40.4 Å². The van der Waals surface area contributed by atoms with Crippen LogP contribution in [0.4, 0.5) is 8.78 Å². The van der Waals surface area contributed by atoms with Crippen molar-refractivity contribution in [3.8, 4) is 10.6 Å². The number of nitrogens with zero attached hydrogens (tertiary/aromatic N) is 1. The van der Waals surface area contributed by atoms with E-state index in [0.29, 0.717) is 5.01 Å². The van der Waals surface area contributed by atoms with Crippen LogP contribution in [0.1, 0.15) is 43.7 Å². The molecule has 2 aromatic rings. The Balaban J connectivity index is 2.36. The number of benzene rings is 1. The summed E-state index contributed by atoms with van der Waals surface area (Å²) in [5, 5.41) is 3.89. The second-order valence-corrected chi connectivity index (χ2v) is 6.37.